The first-order valence-electron chi connectivity index (χ1n) is 6.41. The largest absolute Gasteiger partial charge is 0.382 e. The Kier molecular flexibility index (Phi) is 7.43. The molecule has 1 aliphatic rings. The van der Waals surface area contributed by atoms with Crippen molar-refractivity contribution in [1.29, 1.82) is 0 Å². The van der Waals surface area contributed by atoms with Crippen LogP contribution in [0.15, 0.2) is 0 Å². The topological polar surface area (TPSA) is 35.5 Å². The molecule has 3 heteroatoms. The van der Waals surface area contributed by atoms with E-state index in [2.05, 4.69) is 0 Å². The summed E-state index contributed by atoms with van der Waals surface area (Å²) in [6.45, 7) is 2.15. The van der Waals surface area contributed by atoms with E-state index < -0.39 is 0 Å². The van der Waals surface area contributed by atoms with Crippen molar-refractivity contribution in [3.05, 3.63) is 0 Å². The predicted octanol–water partition coefficient (Wildman–Crippen LogP) is 2.58. The molecule has 0 aromatic rings. The zero-order valence-corrected chi connectivity index (χ0v) is 10.4. The molecule has 16 heavy (non-hydrogen) atoms. The van der Waals surface area contributed by atoms with E-state index in [-0.39, 0.29) is 0 Å². The average molecular weight is 228 g/mol. The van der Waals surface area contributed by atoms with Gasteiger partial charge in [0.25, 0.3) is 0 Å². The number of Topliss-reactive ketones (excluding diaryl/α,β-unsaturated/α-hetero) is 1. The number of hydrogen-bond donors (Lipinski definition) is 0. The molecule has 1 saturated carbocycles. The molecule has 1 unspecified atom stereocenters. The molecule has 0 aromatic heterocycles. The standard InChI is InChI=1S/C13H24O3/c1-15-9-10-16-8-4-6-12-5-2-3-7-13(14)11-12/h12H,2-11H2,1H3. The smallest absolute Gasteiger partial charge is 0.133 e. The van der Waals surface area contributed by atoms with Crippen molar-refractivity contribution in [2.75, 3.05) is 26.9 Å². The number of methoxy groups -OCH3 is 1. The normalized spacial score (nSPS) is 22.1. The second-order valence-electron chi connectivity index (χ2n) is 4.60. The fourth-order valence-electron chi connectivity index (χ4n) is 2.25. The number of hydrogen-bond acceptors (Lipinski definition) is 3. The predicted molar refractivity (Wildman–Crippen MR) is 63.5 cm³/mol. The first kappa shape index (κ1) is 13.7. The minimum Gasteiger partial charge on any atom is -0.382 e. The van der Waals surface area contributed by atoms with Crippen LogP contribution in [0.25, 0.3) is 0 Å². The van der Waals surface area contributed by atoms with E-state index >= 15 is 0 Å². The first-order valence-corrected chi connectivity index (χ1v) is 6.41. The highest BCUT2D eigenvalue weighted by atomic mass is 16.5. The van der Waals surface area contributed by atoms with Crippen LogP contribution in [-0.2, 0) is 14.3 Å². The zero-order valence-electron chi connectivity index (χ0n) is 10.4. The molecule has 0 N–H and O–H groups in total. The molecule has 3 nitrogen and oxygen atoms in total. The monoisotopic (exact) mass is 228 g/mol. The van der Waals surface area contributed by atoms with Gasteiger partial charge < -0.3 is 9.47 Å². The molecule has 0 aliphatic heterocycles. The van der Waals surface area contributed by atoms with Gasteiger partial charge in [0.2, 0.25) is 0 Å². The van der Waals surface area contributed by atoms with Crippen LogP contribution in [0.1, 0.15) is 44.9 Å². The third kappa shape index (κ3) is 6.23. The Morgan fingerprint density at radius 1 is 1.25 bits per heavy atom. The molecule has 0 amide bonds. The summed E-state index contributed by atoms with van der Waals surface area (Å²) >= 11 is 0. The van der Waals surface area contributed by atoms with Crippen molar-refractivity contribution in [3.8, 4) is 0 Å². The minimum atomic E-state index is 0.461. The van der Waals surface area contributed by atoms with E-state index in [0.29, 0.717) is 24.9 Å². The minimum absolute atomic E-state index is 0.461. The van der Waals surface area contributed by atoms with Crippen molar-refractivity contribution >= 4 is 5.78 Å². The van der Waals surface area contributed by atoms with Gasteiger partial charge in [0.05, 0.1) is 13.2 Å². The van der Waals surface area contributed by atoms with E-state index in [1.54, 1.807) is 7.11 Å². The van der Waals surface area contributed by atoms with Crippen LogP contribution in [0.4, 0.5) is 0 Å². The van der Waals surface area contributed by atoms with E-state index in [4.69, 9.17) is 9.47 Å². The summed E-state index contributed by atoms with van der Waals surface area (Å²) in [6.07, 6.45) is 7.36. The number of ether oxygens (including phenoxy) is 2. The van der Waals surface area contributed by atoms with E-state index in [1.807, 2.05) is 0 Å². The Balaban J connectivity index is 2.00. The lowest BCUT2D eigenvalue weighted by Gasteiger charge is -2.12. The summed E-state index contributed by atoms with van der Waals surface area (Å²) < 4.78 is 10.3. The lowest BCUT2D eigenvalue weighted by atomic mass is 9.95. The van der Waals surface area contributed by atoms with Crippen LogP contribution in [0, 0.1) is 5.92 Å². The molecule has 0 bridgehead atoms. The molecule has 0 saturated heterocycles. The fourth-order valence-corrected chi connectivity index (χ4v) is 2.25. The Morgan fingerprint density at radius 3 is 2.94 bits per heavy atom. The molecule has 1 rings (SSSR count). The van der Waals surface area contributed by atoms with E-state index in [1.165, 1.54) is 12.8 Å². The SMILES string of the molecule is COCCOCCCC1CCCCC(=O)C1. The third-order valence-electron chi connectivity index (χ3n) is 3.17. The molecule has 0 heterocycles. The lowest BCUT2D eigenvalue weighted by molar-refractivity contribution is -0.119. The van der Waals surface area contributed by atoms with Gasteiger partial charge in [0.1, 0.15) is 5.78 Å². The molecule has 0 radical (unpaired) electrons. The number of carbonyl (C=O) groups excluding carboxylic acids is 1. The van der Waals surface area contributed by atoms with E-state index in [9.17, 15) is 4.79 Å². The van der Waals surface area contributed by atoms with Gasteiger partial charge in [-0.15, -0.1) is 0 Å². The summed E-state index contributed by atoms with van der Waals surface area (Å²) in [4.78, 5) is 11.4. The van der Waals surface area contributed by atoms with Gasteiger partial charge in [-0.2, -0.15) is 0 Å². The second kappa shape index (κ2) is 8.71. The van der Waals surface area contributed by atoms with Crippen molar-refractivity contribution in [1.82, 2.24) is 0 Å². The van der Waals surface area contributed by atoms with Crippen molar-refractivity contribution < 1.29 is 14.3 Å². The summed E-state index contributed by atoms with van der Waals surface area (Å²) in [7, 11) is 1.68. The zero-order chi connectivity index (χ0) is 11.6. The lowest BCUT2D eigenvalue weighted by Crippen LogP contribution is -2.08. The number of ketones is 1. The van der Waals surface area contributed by atoms with Crippen LogP contribution >= 0.6 is 0 Å². The summed E-state index contributed by atoms with van der Waals surface area (Å²) in [5.41, 5.74) is 0. The fraction of sp³-hybridized carbons (Fsp3) is 0.923. The maximum Gasteiger partial charge on any atom is 0.133 e. The highest BCUT2D eigenvalue weighted by Crippen LogP contribution is 2.24. The van der Waals surface area contributed by atoms with Gasteiger partial charge >= 0.3 is 0 Å². The average Bonchev–Trinajstić information content (AvgIpc) is 2.48. The van der Waals surface area contributed by atoms with Crippen LogP contribution in [0.2, 0.25) is 0 Å². The highest BCUT2D eigenvalue weighted by molar-refractivity contribution is 5.78. The van der Waals surface area contributed by atoms with Crippen LogP contribution in [0.3, 0.4) is 0 Å². The summed E-state index contributed by atoms with van der Waals surface area (Å²) in [5, 5.41) is 0. The van der Waals surface area contributed by atoms with Crippen LogP contribution < -0.4 is 0 Å². The van der Waals surface area contributed by atoms with Crippen molar-refractivity contribution in [2.45, 2.75) is 44.9 Å². The number of rotatable bonds is 7. The second-order valence-corrected chi connectivity index (χ2v) is 4.60. The Morgan fingerprint density at radius 2 is 2.12 bits per heavy atom. The van der Waals surface area contributed by atoms with Gasteiger partial charge in [-0.25, -0.2) is 0 Å². The maximum absolute atomic E-state index is 11.4. The van der Waals surface area contributed by atoms with Crippen molar-refractivity contribution in [3.63, 3.8) is 0 Å². The van der Waals surface area contributed by atoms with Crippen LogP contribution in [-0.4, -0.2) is 32.7 Å². The molecular formula is C13H24O3. The molecule has 1 atom stereocenters. The third-order valence-corrected chi connectivity index (χ3v) is 3.17. The maximum atomic E-state index is 11.4. The van der Waals surface area contributed by atoms with Gasteiger partial charge in [0.15, 0.2) is 0 Å². The molecule has 94 valence electrons. The quantitative estimate of drug-likeness (QED) is 0.496. The summed E-state index contributed by atoms with van der Waals surface area (Å²) in [6, 6.07) is 0. The first-order chi connectivity index (χ1) is 7.83. The Bertz CT molecular complexity index is 192. The van der Waals surface area contributed by atoms with Gasteiger partial charge in [-0.1, -0.05) is 12.8 Å². The summed E-state index contributed by atoms with van der Waals surface area (Å²) in [5.74, 6) is 1.07. The van der Waals surface area contributed by atoms with Crippen LogP contribution in [0.5, 0.6) is 0 Å². The van der Waals surface area contributed by atoms with Crippen molar-refractivity contribution in [2.24, 2.45) is 5.92 Å². The Labute approximate surface area is 98.5 Å². The highest BCUT2D eigenvalue weighted by Gasteiger charge is 2.16. The molecule has 1 fully saturated rings. The van der Waals surface area contributed by atoms with Gasteiger partial charge in [-0.05, 0) is 25.2 Å². The molecule has 0 aromatic carbocycles. The molecule has 1 aliphatic carbocycles. The Hall–Kier alpha value is -0.410. The van der Waals surface area contributed by atoms with Gasteiger partial charge in [0, 0.05) is 26.6 Å². The number of carbonyl (C=O) groups is 1. The van der Waals surface area contributed by atoms with Gasteiger partial charge in [-0.3, -0.25) is 4.79 Å². The molecular weight excluding hydrogens is 204 g/mol. The van der Waals surface area contributed by atoms with E-state index in [0.717, 1.165) is 38.7 Å². The molecule has 0 spiro atoms.